The lowest BCUT2D eigenvalue weighted by Crippen LogP contribution is -2.34. The number of hydrogen-bond donors (Lipinski definition) is 3. The Bertz CT molecular complexity index is 919. The van der Waals surface area contributed by atoms with E-state index in [9.17, 15) is 14.4 Å². The van der Waals surface area contributed by atoms with Gasteiger partial charge >= 0.3 is 0 Å². The topological polar surface area (TPSA) is 87.3 Å². The van der Waals surface area contributed by atoms with E-state index in [1.807, 2.05) is 18.2 Å². The van der Waals surface area contributed by atoms with E-state index < -0.39 is 5.92 Å². The van der Waals surface area contributed by atoms with Crippen LogP contribution in [0.2, 0.25) is 0 Å². The molecule has 144 valence electrons. The van der Waals surface area contributed by atoms with Gasteiger partial charge in [-0.05, 0) is 36.6 Å². The van der Waals surface area contributed by atoms with E-state index in [2.05, 4.69) is 16.0 Å². The van der Waals surface area contributed by atoms with Crippen LogP contribution in [0.25, 0.3) is 0 Å². The molecule has 6 nitrogen and oxygen atoms in total. The number of hydrogen-bond acceptors (Lipinski definition) is 3. The third-order valence-electron chi connectivity index (χ3n) is 5.44. The fraction of sp³-hybridized carbons (Fsp3) is 0.318. The zero-order valence-corrected chi connectivity index (χ0v) is 15.5. The minimum atomic E-state index is -0.587. The molecule has 0 radical (unpaired) electrons. The van der Waals surface area contributed by atoms with Gasteiger partial charge in [0.1, 0.15) is 0 Å². The van der Waals surface area contributed by atoms with Crippen LogP contribution in [0.5, 0.6) is 0 Å². The SMILES string of the molecule is O=C1CC(C(=O)Nc2ccccc2C(=O)NC2CCCC2)c2ccccc2N1. The molecule has 0 aromatic heterocycles. The number of anilines is 2. The molecule has 0 bridgehead atoms. The van der Waals surface area contributed by atoms with Gasteiger partial charge in [-0.3, -0.25) is 14.4 Å². The van der Waals surface area contributed by atoms with Crippen LogP contribution in [-0.2, 0) is 9.59 Å². The molecule has 2 aromatic rings. The lowest BCUT2D eigenvalue weighted by atomic mass is 9.89. The van der Waals surface area contributed by atoms with E-state index in [0.29, 0.717) is 16.9 Å². The van der Waals surface area contributed by atoms with Crippen molar-refractivity contribution in [2.45, 2.75) is 44.1 Å². The molecule has 28 heavy (non-hydrogen) atoms. The van der Waals surface area contributed by atoms with Crippen molar-refractivity contribution in [1.29, 1.82) is 0 Å². The highest BCUT2D eigenvalue weighted by Crippen LogP contribution is 2.33. The lowest BCUT2D eigenvalue weighted by Gasteiger charge is -2.25. The average Bonchev–Trinajstić information content (AvgIpc) is 3.20. The van der Waals surface area contributed by atoms with Gasteiger partial charge in [-0.15, -0.1) is 0 Å². The standard InChI is InChI=1S/C22H23N3O3/c26-20-13-17(15-9-3-5-11-18(15)24-20)22(28)25-19-12-6-4-10-16(19)21(27)23-14-7-1-2-8-14/h3-6,9-12,14,17H,1-2,7-8,13H2,(H,23,27)(H,24,26)(H,25,28). The molecular formula is C22H23N3O3. The van der Waals surface area contributed by atoms with Gasteiger partial charge in [0.15, 0.2) is 0 Å². The average molecular weight is 377 g/mol. The third-order valence-corrected chi connectivity index (χ3v) is 5.44. The van der Waals surface area contributed by atoms with Crippen molar-refractivity contribution in [3.05, 3.63) is 59.7 Å². The van der Waals surface area contributed by atoms with E-state index in [0.717, 1.165) is 31.2 Å². The van der Waals surface area contributed by atoms with Crippen molar-refractivity contribution in [2.75, 3.05) is 10.6 Å². The highest BCUT2D eigenvalue weighted by atomic mass is 16.2. The smallest absolute Gasteiger partial charge is 0.253 e. The zero-order valence-electron chi connectivity index (χ0n) is 15.5. The zero-order chi connectivity index (χ0) is 19.5. The Morgan fingerprint density at radius 1 is 0.964 bits per heavy atom. The third kappa shape index (κ3) is 3.76. The number of nitrogens with one attached hydrogen (secondary N) is 3. The summed E-state index contributed by atoms with van der Waals surface area (Å²) in [4.78, 5) is 37.7. The first-order valence-corrected chi connectivity index (χ1v) is 9.71. The summed E-state index contributed by atoms with van der Waals surface area (Å²) >= 11 is 0. The van der Waals surface area contributed by atoms with Crippen LogP contribution in [0.1, 0.15) is 53.9 Å². The van der Waals surface area contributed by atoms with Gasteiger partial charge in [0.25, 0.3) is 5.91 Å². The lowest BCUT2D eigenvalue weighted by molar-refractivity contribution is -0.123. The number of fused-ring (bicyclic) bond motifs is 1. The first-order chi connectivity index (χ1) is 13.6. The fourth-order valence-electron chi connectivity index (χ4n) is 3.99. The van der Waals surface area contributed by atoms with Crippen molar-refractivity contribution in [1.82, 2.24) is 5.32 Å². The van der Waals surface area contributed by atoms with Crippen LogP contribution in [-0.4, -0.2) is 23.8 Å². The van der Waals surface area contributed by atoms with E-state index in [-0.39, 0.29) is 30.2 Å². The number of benzene rings is 2. The molecular weight excluding hydrogens is 354 g/mol. The van der Waals surface area contributed by atoms with Crippen LogP contribution in [0.15, 0.2) is 48.5 Å². The summed E-state index contributed by atoms with van der Waals surface area (Å²) in [7, 11) is 0. The van der Waals surface area contributed by atoms with Gasteiger partial charge in [-0.1, -0.05) is 43.2 Å². The molecule has 0 spiro atoms. The van der Waals surface area contributed by atoms with E-state index >= 15 is 0 Å². The summed E-state index contributed by atoms with van der Waals surface area (Å²) < 4.78 is 0. The summed E-state index contributed by atoms with van der Waals surface area (Å²) in [5.41, 5.74) is 2.35. The van der Waals surface area contributed by atoms with Crippen molar-refractivity contribution in [3.63, 3.8) is 0 Å². The second-order valence-corrected chi connectivity index (χ2v) is 7.38. The van der Waals surface area contributed by atoms with Gasteiger partial charge < -0.3 is 16.0 Å². The molecule has 6 heteroatoms. The molecule has 0 saturated heterocycles. The minimum absolute atomic E-state index is 0.0826. The van der Waals surface area contributed by atoms with Gasteiger partial charge in [-0.2, -0.15) is 0 Å². The monoisotopic (exact) mass is 377 g/mol. The van der Waals surface area contributed by atoms with E-state index in [1.165, 1.54) is 0 Å². The molecule has 1 heterocycles. The number of carbonyl (C=O) groups is 3. The number of amides is 3. The first-order valence-electron chi connectivity index (χ1n) is 9.71. The van der Waals surface area contributed by atoms with Crippen molar-refractivity contribution >= 4 is 29.1 Å². The molecule has 2 aromatic carbocycles. The molecule has 1 aliphatic carbocycles. The summed E-state index contributed by atoms with van der Waals surface area (Å²) in [6, 6.07) is 14.5. The molecule has 4 rings (SSSR count). The Morgan fingerprint density at radius 2 is 1.68 bits per heavy atom. The molecule has 1 saturated carbocycles. The summed E-state index contributed by atoms with van der Waals surface area (Å²) in [6.45, 7) is 0. The summed E-state index contributed by atoms with van der Waals surface area (Å²) in [5.74, 6) is -1.24. The molecule has 3 amide bonds. The van der Waals surface area contributed by atoms with Crippen LogP contribution < -0.4 is 16.0 Å². The largest absolute Gasteiger partial charge is 0.349 e. The second-order valence-electron chi connectivity index (χ2n) is 7.38. The van der Waals surface area contributed by atoms with Gasteiger partial charge in [0.2, 0.25) is 11.8 Å². The summed E-state index contributed by atoms with van der Waals surface area (Å²) in [5, 5.41) is 8.72. The van der Waals surface area contributed by atoms with Crippen LogP contribution in [0.4, 0.5) is 11.4 Å². The predicted molar refractivity (Wildman–Crippen MR) is 107 cm³/mol. The maximum Gasteiger partial charge on any atom is 0.253 e. The van der Waals surface area contributed by atoms with Gasteiger partial charge in [0.05, 0.1) is 17.2 Å². The van der Waals surface area contributed by atoms with Crippen molar-refractivity contribution in [3.8, 4) is 0 Å². The molecule has 3 N–H and O–H groups in total. The number of para-hydroxylation sites is 2. The quantitative estimate of drug-likeness (QED) is 0.763. The van der Waals surface area contributed by atoms with Crippen LogP contribution in [0, 0.1) is 0 Å². The normalized spacial score (nSPS) is 18.9. The fourth-order valence-corrected chi connectivity index (χ4v) is 3.99. The molecule has 1 fully saturated rings. The molecule has 2 aliphatic rings. The highest BCUT2D eigenvalue weighted by molar-refractivity contribution is 6.08. The second kappa shape index (κ2) is 7.84. The Hall–Kier alpha value is -3.15. The molecule has 1 atom stereocenters. The predicted octanol–water partition coefficient (Wildman–Crippen LogP) is 3.42. The van der Waals surface area contributed by atoms with E-state index in [1.54, 1.807) is 30.3 Å². The number of rotatable bonds is 4. The van der Waals surface area contributed by atoms with E-state index in [4.69, 9.17) is 0 Å². The maximum atomic E-state index is 13.0. The summed E-state index contributed by atoms with van der Waals surface area (Å²) in [6.07, 6.45) is 4.33. The minimum Gasteiger partial charge on any atom is -0.349 e. The van der Waals surface area contributed by atoms with Crippen LogP contribution >= 0.6 is 0 Å². The first kappa shape index (κ1) is 18.2. The Kier molecular flexibility index (Phi) is 5.10. The highest BCUT2D eigenvalue weighted by Gasteiger charge is 2.31. The maximum absolute atomic E-state index is 13.0. The van der Waals surface area contributed by atoms with Gasteiger partial charge in [0, 0.05) is 18.2 Å². The van der Waals surface area contributed by atoms with Crippen molar-refractivity contribution in [2.24, 2.45) is 0 Å². The Labute approximate surface area is 163 Å². The number of carbonyl (C=O) groups excluding carboxylic acids is 3. The molecule has 1 unspecified atom stereocenters. The Balaban J connectivity index is 1.54. The van der Waals surface area contributed by atoms with Crippen LogP contribution in [0.3, 0.4) is 0 Å². The Morgan fingerprint density at radius 3 is 2.50 bits per heavy atom. The van der Waals surface area contributed by atoms with Crippen molar-refractivity contribution < 1.29 is 14.4 Å². The molecule has 1 aliphatic heterocycles. The van der Waals surface area contributed by atoms with Gasteiger partial charge in [-0.25, -0.2) is 0 Å².